The van der Waals surface area contributed by atoms with Gasteiger partial charge in [0.05, 0.1) is 12.6 Å². The predicted octanol–water partition coefficient (Wildman–Crippen LogP) is 3.88. The highest BCUT2D eigenvalue weighted by molar-refractivity contribution is 6.31. The number of nitrogens with two attached hydrogens (primary N) is 1. The fraction of sp³-hybridized carbons (Fsp3) is 0.368. The smallest absolute Gasteiger partial charge is 0.235 e. The largest absolute Gasteiger partial charge is 0.368 e. The molecule has 2 atom stereocenters. The molecule has 2 aromatic heterocycles. The van der Waals surface area contributed by atoms with Crippen molar-refractivity contribution < 1.29 is 8.78 Å². The SMILES string of the molecule is Nc1nc(Nc2cc(C3CC3)[nH]n2)nc(N2CC(F)CC2c2ccc(F)cc2Cl)n1. The van der Waals surface area contributed by atoms with Crippen LogP contribution in [0.25, 0.3) is 0 Å². The summed E-state index contributed by atoms with van der Waals surface area (Å²) in [6, 6.07) is 5.53. The van der Waals surface area contributed by atoms with Gasteiger partial charge in [-0.15, -0.1) is 0 Å². The van der Waals surface area contributed by atoms with Crippen molar-refractivity contribution in [1.29, 1.82) is 0 Å². The van der Waals surface area contributed by atoms with E-state index in [4.69, 9.17) is 17.3 Å². The van der Waals surface area contributed by atoms with Gasteiger partial charge in [0.25, 0.3) is 0 Å². The molecule has 4 N–H and O–H groups in total. The van der Waals surface area contributed by atoms with Gasteiger partial charge in [-0.05, 0) is 30.5 Å². The van der Waals surface area contributed by atoms with Gasteiger partial charge in [0.15, 0.2) is 5.82 Å². The summed E-state index contributed by atoms with van der Waals surface area (Å²) in [5.41, 5.74) is 7.55. The van der Waals surface area contributed by atoms with E-state index in [2.05, 4.69) is 30.5 Å². The molecular weight excluding hydrogens is 414 g/mol. The summed E-state index contributed by atoms with van der Waals surface area (Å²) >= 11 is 6.22. The Balaban J connectivity index is 1.44. The van der Waals surface area contributed by atoms with Crippen molar-refractivity contribution >= 4 is 35.3 Å². The molecule has 8 nitrogen and oxygen atoms in total. The summed E-state index contributed by atoms with van der Waals surface area (Å²) in [7, 11) is 0. The van der Waals surface area contributed by atoms with Crippen LogP contribution < -0.4 is 16.0 Å². The van der Waals surface area contributed by atoms with Gasteiger partial charge < -0.3 is 16.0 Å². The average Bonchev–Trinajstić information content (AvgIpc) is 3.32. The molecule has 3 aromatic rings. The van der Waals surface area contributed by atoms with Crippen molar-refractivity contribution in [2.45, 2.75) is 37.4 Å². The number of anilines is 4. The highest BCUT2D eigenvalue weighted by Crippen LogP contribution is 2.40. The Morgan fingerprint density at radius 3 is 2.80 bits per heavy atom. The third-order valence-electron chi connectivity index (χ3n) is 5.32. The van der Waals surface area contributed by atoms with Gasteiger partial charge in [-0.25, -0.2) is 8.78 Å². The lowest BCUT2D eigenvalue weighted by atomic mass is 10.0. The average molecular weight is 433 g/mol. The molecule has 0 spiro atoms. The summed E-state index contributed by atoms with van der Waals surface area (Å²) in [4.78, 5) is 14.4. The molecule has 0 amide bonds. The minimum absolute atomic E-state index is 0.00767. The number of nitrogens with zero attached hydrogens (tertiary/aromatic N) is 5. The number of hydrogen-bond donors (Lipinski definition) is 3. The first kappa shape index (κ1) is 19.0. The maximum atomic E-state index is 14.3. The van der Waals surface area contributed by atoms with Crippen molar-refractivity contribution in [3.63, 3.8) is 0 Å². The third-order valence-corrected chi connectivity index (χ3v) is 5.65. The van der Waals surface area contributed by atoms with Crippen molar-refractivity contribution in [3.05, 3.63) is 46.4 Å². The van der Waals surface area contributed by atoms with E-state index >= 15 is 0 Å². The Morgan fingerprint density at radius 1 is 1.20 bits per heavy atom. The van der Waals surface area contributed by atoms with Crippen LogP contribution in [0.5, 0.6) is 0 Å². The van der Waals surface area contributed by atoms with Crippen molar-refractivity contribution in [2.75, 3.05) is 22.5 Å². The van der Waals surface area contributed by atoms with Crippen LogP contribution in [0, 0.1) is 5.82 Å². The molecule has 2 fully saturated rings. The van der Waals surface area contributed by atoms with Gasteiger partial charge in [0.2, 0.25) is 17.8 Å². The van der Waals surface area contributed by atoms with E-state index < -0.39 is 18.0 Å². The van der Waals surface area contributed by atoms with E-state index in [1.54, 1.807) is 11.0 Å². The predicted molar refractivity (Wildman–Crippen MR) is 109 cm³/mol. The summed E-state index contributed by atoms with van der Waals surface area (Å²) in [5.74, 6) is 1.05. The zero-order valence-corrected chi connectivity index (χ0v) is 16.6. The van der Waals surface area contributed by atoms with Crippen molar-refractivity contribution in [1.82, 2.24) is 25.1 Å². The Labute approximate surface area is 175 Å². The summed E-state index contributed by atoms with van der Waals surface area (Å²) in [6.07, 6.45) is 1.37. The molecule has 0 bridgehead atoms. The Hall–Kier alpha value is -3.01. The van der Waals surface area contributed by atoms with Crippen LogP contribution in [-0.2, 0) is 0 Å². The van der Waals surface area contributed by atoms with Crippen LogP contribution in [-0.4, -0.2) is 37.9 Å². The summed E-state index contributed by atoms with van der Waals surface area (Å²) in [6.45, 7) is 0.0650. The van der Waals surface area contributed by atoms with Gasteiger partial charge in [-0.3, -0.25) is 5.10 Å². The topological polar surface area (TPSA) is 109 Å². The van der Waals surface area contributed by atoms with E-state index in [9.17, 15) is 8.78 Å². The number of nitrogens with one attached hydrogen (secondary N) is 2. The van der Waals surface area contributed by atoms with Crippen LogP contribution in [0.4, 0.5) is 32.4 Å². The monoisotopic (exact) mass is 432 g/mol. The first-order valence-corrected chi connectivity index (χ1v) is 10.0. The molecule has 2 aliphatic rings. The van der Waals surface area contributed by atoms with Crippen LogP contribution in [0.3, 0.4) is 0 Å². The van der Waals surface area contributed by atoms with E-state index in [1.807, 2.05) is 6.07 Å². The molecule has 1 aliphatic carbocycles. The van der Waals surface area contributed by atoms with Crippen LogP contribution >= 0.6 is 11.6 Å². The number of aromatic nitrogens is 5. The third kappa shape index (κ3) is 3.74. The molecule has 1 saturated carbocycles. The first-order chi connectivity index (χ1) is 14.5. The molecule has 3 heterocycles. The van der Waals surface area contributed by atoms with E-state index in [0.29, 0.717) is 17.3 Å². The quantitative estimate of drug-likeness (QED) is 0.561. The molecule has 5 rings (SSSR count). The van der Waals surface area contributed by atoms with Gasteiger partial charge in [-0.1, -0.05) is 17.7 Å². The van der Waals surface area contributed by atoms with Crippen molar-refractivity contribution in [2.24, 2.45) is 0 Å². The minimum Gasteiger partial charge on any atom is -0.368 e. The number of nitrogen functional groups attached to an aromatic ring is 1. The number of rotatable bonds is 5. The van der Waals surface area contributed by atoms with E-state index in [-0.39, 0.29) is 35.8 Å². The summed E-state index contributed by atoms with van der Waals surface area (Å²) in [5, 5.41) is 10.5. The molecule has 30 heavy (non-hydrogen) atoms. The standard InChI is InChI=1S/C19H19ClF2N8/c20-13-5-10(21)3-4-12(13)15-6-11(22)8-30(15)19-26-17(23)25-18(27-19)24-16-7-14(28-29-16)9-1-2-9/h3-5,7,9,11,15H,1-2,6,8H2,(H4,23,24,25,26,27,28,29). The lowest BCUT2D eigenvalue weighted by Crippen LogP contribution is -2.27. The highest BCUT2D eigenvalue weighted by Gasteiger charge is 2.36. The van der Waals surface area contributed by atoms with Gasteiger partial charge in [0.1, 0.15) is 12.0 Å². The molecule has 0 radical (unpaired) electrons. The fourth-order valence-electron chi connectivity index (χ4n) is 3.76. The van der Waals surface area contributed by atoms with Crippen LogP contribution in [0.2, 0.25) is 5.02 Å². The zero-order chi connectivity index (χ0) is 20.8. The Kier molecular flexibility index (Phi) is 4.65. The van der Waals surface area contributed by atoms with Crippen LogP contribution in [0.1, 0.15) is 42.5 Å². The second-order valence-corrected chi connectivity index (χ2v) is 8.00. The zero-order valence-electron chi connectivity index (χ0n) is 15.8. The number of halogens is 3. The number of alkyl halides is 1. The Bertz CT molecular complexity index is 1090. The lowest BCUT2D eigenvalue weighted by Gasteiger charge is -2.25. The minimum atomic E-state index is -1.11. The highest BCUT2D eigenvalue weighted by atomic mass is 35.5. The maximum Gasteiger partial charge on any atom is 0.235 e. The molecule has 1 aromatic carbocycles. The normalized spacial score (nSPS) is 21.2. The molecule has 1 saturated heterocycles. The van der Waals surface area contributed by atoms with Gasteiger partial charge in [0, 0.05) is 29.1 Å². The number of hydrogen-bond acceptors (Lipinski definition) is 7. The molecule has 11 heteroatoms. The summed E-state index contributed by atoms with van der Waals surface area (Å²) < 4.78 is 27.8. The second kappa shape index (κ2) is 7.35. The number of benzene rings is 1. The van der Waals surface area contributed by atoms with E-state index in [1.165, 1.54) is 12.1 Å². The fourth-order valence-corrected chi connectivity index (χ4v) is 4.05. The molecular formula is C19H19ClF2N8. The number of aromatic amines is 1. The lowest BCUT2D eigenvalue weighted by molar-refractivity contribution is 0.357. The van der Waals surface area contributed by atoms with E-state index in [0.717, 1.165) is 18.5 Å². The molecule has 2 unspecified atom stereocenters. The number of H-pyrrole nitrogens is 1. The first-order valence-electron chi connectivity index (χ1n) is 9.66. The van der Waals surface area contributed by atoms with Crippen LogP contribution in [0.15, 0.2) is 24.3 Å². The molecule has 156 valence electrons. The van der Waals surface area contributed by atoms with Gasteiger partial charge >= 0.3 is 0 Å². The Morgan fingerprint density at radius 2 is 2.03 bits per heavy atom. The second-order valence-electron chi connectivity index (χ2n) is 7.59. The molecule has 1 aliphatic heterocycles. The van der Waals surface area contributed by atoms with Gasteiger partial charge in [-0.2, -0.15) is 20.1 Å². The maximum absolute atomic E-state index is 14.3. The van der Waals surface area contributed by atoms with Crippen molar-refractivity contribution in [3.8, 4) is 0 Å².